The summed E-state index contributed by atoms with van der Waals surface area (Å²) in [7, 11) is 0. The Labute approximate surface area is 126 Å². The molecule has 2 aliphatic heterocycles. The molecule has 6 nitrogen and oxygen atoms in total. The molecule has 0 radical (unpaired) electrons. The van der Waals surface area contributed by atoms with Gasteiger partial charge in [-0.05, 0) is 36.1 Å². The molecule has 0 amide bonds. The summed E-state index contributed by atoms with van der Waals surface area (Å²) >= 11 is 0. The number of rotatable bonds is 1. The number of nitrogens with one attached hydrogen (secondary N) is 2. The predicted molar refractivity (Wildman–Crippen MR) is 81.8 cm³/mol. The van der Waals surface area contributed by atoms with Crippen molar-refractivity contribution in [3.63, 3.8) is 0 Å². The van der Waals surface area contributed by atoms with E-state index in [1.54, 1.807) is 6.07 Å². The normalized spacial score (nSPS) is 18.5. The van der Waals surface area contributed by atoms with Crippen LogP contribution in [0.2, 0.25) is 0 Å². The minimum absolute atomic E-state index is 0.124. The summed E-state index contributed by atoms with van der Waals surface area (Å²) in [5.74, 6) is -0.604. The van der Waals surface area contributed by atoms with E-state index in [2.05, 4.69) is 10.6 Å². The van der Waals surface area contributed by atoms with Crippen LogP contribution < -0.4 is 10.6 Å². The van der Waals surface area contributed by atoms with Crippen molar-refractivity contribution in [3.8, 4) is 23.0 Å². The highest BCUT2D eigenvalue weighted by molar-refractivity contribution is 5.74. The van der Waals surface area contributed by atoms with Gasteiger partial charge in [0.05, 0.1) is 6.04 Å². The van der Waals surface area contributed by atoms with E-state index >= 15 is 0 Å². The zero-order chi connectivity index (χ0) is 15.4. The van der Waals surface area contributed by atoms with E-state index in [4.69, 9.17) is 0 Å². The number of hydrogen-bond acceptors (Lipinski definition) is 6. The van der Waals surface area contributed by atoms with Gasteiger partial charge in [-0.3, -0.25) is 0 Å². The minimum atomic E-state index is -0.234. The van der Waals surface area contributed by atoms with Crippen LogP contribution >= 0.6 is 0 Å². The first-order valence-corrected chi connectivity index (χ1v) is 7.17. The van der Waals surface area contributed by atoms with Crippen molar-refractivity contribution in [2.45, 2.75) is 18.9 Å². The Hall–Kier alpha value is -2.76. The summed E-state index contributed by atoms with van der Waals surface area (Å²) < 4.78 is 0. The molecule has 0 saturated heterocycles. The molecule has 4 rings (SSSR count). The Morgan fingerprint density at radius 3 is 2.45 bits per heavy atom. The Kier molecular flexibility index (Phi) is 2.57. The first-order chi connectivity index (χ1) is 10.5. The number of benzene rings is 2. The van der Waals surface area contributed by atoms with Crippen LogP contribution in [0, 0.1) is 0 Å². The van der Waals surface area contributed by atoms with Crippen LogP contribution in [0.4, 0.5) is 11.4 Å². The van der Waals surface area contributed by atoms with E-state index in [0.717, 1.165) is 35.5 Å². The molecule has 2 heterocycles. The topological polar surface area (TPSA) is 105 Å². The second-order valence-electron chi connectivity index (χ2n) is 5.77. The fourth-order valence-corrected chi connectivity index (χ4v) is 3.36. The molecule has 114 valence electrons. The lowest BCUT2D eigenvalue weighted by Gasteiger charge is -2.19. The summed E-state index contributed by atoms with van der Waals surface area (Å²) in [4.78, 5) is 0. The monoisotopic (exact) mass is 300 g/mol. The Bertz CT molecular complexity index is 757. The van der Waals surface area contributed by atoms with E-state index in [1.807, 2.05) is 0 Å². The SMILES string of the molecule is Oc1cc2c(cc1O)NC(c1c(O)c(O)cc3c1NCC3)C2. The molecular weight excluding hydrogens is 284 g/mol. The van der Waals surface area contributed by atoms with Crippen molar-refractivity contribution in [2.24, 2.45) is 0 Å². The van der Waals surface area contributed by atoms with Crippen LogP contribution in [0.3, 0.4) is 0 Å². The average molecular weight is 300 g/mol. The van der Waals surface area contributed by atoms with Gasteiger partial charge < -0.3 is 31.1 Å². The molecule has 0 bridgehead atoms. The Balaban J connectivity index is 1.79. The smallest absolute Gasteiger partial charge is 0.164 e. The molecule has 2 aromatic carbocycles. The van der Waals surface area contributed by atoms with E-state index < -0.39 is 0 Å². The van der Waals surface area contributed by atoms with Gasteiger partial charge in [-0.25, -0.2) is 0 Å². The fourth-order valence-electron chi connectivity index (χ4n) is 3.36. The predicted octanol–water partition coefficient (Wildman–Crippen LogP) is 2.19. The quantitative estimate of drug-likeness (QED) is 0.356. The van der Waals surface area contributed by atoms with Crippen molar-refractivity contribution in [2.75, 3.05) is 17.2 Å². The number of fused-ring (bicyclic) bond motifs is 2. The third-order valence-corrected chi connectivity index (χ3v) is 4.40. The lowest BCUT2D eigenvalue weighted by atomic mass is 9.97. The van der Waals surface area contributed by atoms with Gasteiger partial charge >= 0.3 is 0 Å². The summed E-state index contributed by atoms with van der Waals surface area (Å²) in [5, 5.41) is 45.9. The van der Waals surface area contributed by atoms with Crippen LogP contribution in [0.1, 0.15) is 22.7 Å². The van der Waals surface area contributed by atoms with Crippen LogP contribution in [-0.4, -0.2) is 27.0 Å². The number of hydrogen-bond donors (Lipinski definition) is 6. The number of phenolic OH excluding ortho intramolecular Hbond substituents is 4. The molecule has 0 saturated carbocycles. The molecule has 0 aromatic heterocycles. The summed E-state index contributed by atoms with van der Waals surface area (Å²) in [6.45, 7) is 0.770. The van der Waals surface area contributed by atoms with Crippen molar-refractivity contribution in [1.82, 2.24) is 0 Å². The van der Waals surface area contributed by atoms with Gasteiger partial charge in [0.2, 0.25) is 0 Å². The molecular formula is C16H16N2O4. The van der Waals surface area contributed by atoms with Crippen LogP contribution in [0.15, 0.2) is 18.2 Å². The summed E-state index contributed by atoms with van der Waals surface area (Å²) in [6.07, 6.45) is 1.35. The summed E-state index contributed by atoms with van der Waals surface area (Å²) in [6, 6.07) is 4.35. The molecule has 1 unspecified atom stereocenters. The molecule has 2 aromatic rings. The Morgan fingerprint density at radius 2 is 1.64 bits per heavy atom. The zero-order valence-corrected chi connectivity index (χ0v) is 11.7. The third kappa shape index (κ3) is 1.73. The van der Waals surface area contributed by atoms with E-state index in [9.17, 15) is 20.4 Å². The van der Waals surface area contributed by atoms with E-state index in [0.29, 0.717) is 12.0 Å². The Morgan fingerprint density at radius 1 is 0.909 bits per heavy atom. The van der Waals surface area contributed by atoms with Gasteiger partial charge in [0, 0.05) is 29.5 Å². The highest BCUT2D eigenvalue weighted by atomic mass is 16.3. The van der Waals surface area contributed by atoms with Crippen molar-refractivity contribution < 1.29 is 20.4 Å². The fraction of sp³-hybridized carbons (Fsp3) is 0.250. The van der Waals surface area contributed by atoms with Crippen LogP contribution in [0.5, 0.6) is 23.0 Å². The first-order valence-electron chi connectivity index (χ1n) is 7.17. The second kappa shape index (κ2) is 4.37. The summed E-state index contributed by atoms with van der Waals surface area (Å²) in [5.41, 5.74) is 4.04. The van der Waals surface area contributed by atoms with Gasteiger partial charge in [0.15, 0.2) is 23.0 Å². The van der Waals surface area contributed by atoms with Gasteiger partial charge in [-0.1, -0.05) is 0 Å². The minimum Gasteiger partial charge on any atom is -0.504 e. The van der Waals surface area contributed by atoms with Gasteiger partial charge in [-0.2, -0.15) is 0 Å². The third-order valence-electron chi connectivity index (χ3n) is 4.40. The standard InChI is InChI=1S/C16H16N2O4/c19-11-5-8-3-10(18-9(8)6-12(11)20)14-15-7(1-2-17-15)4-13(21)16(14)22/h4-6,10,17-22H,1-3H2. The molecule has 22 heavy (non-hydrogen) atoms. The van der Waals surface area contributed by atoms with Crippen LogP contribution in [0.25, 0.3) is 0 Å². The number of phenols is 4. The van der Waals surface area contributed by atoms with Crippen LogP contribution in [-0.2, 0) is 12.8 Å². The van der Waals surface area contributed by atoms with E-state index in [-0.39, 0.29) is 29.0 Å². The second-order valence-corrected chi connectivity index (χ2v) is 5.77. The highest BCUT2D eigenvalue weighted by Gasteiger charge is 2.31. The van der Waals surface area contributed by atoms with Gasteiger partial charge in [-0.15, -0.1) is 0 Å². The zero-order valence-electron chi connectivity index (χ0n) is 11.7. The lowest BCUT2D eigenvalue weighted by molar-refractivity contribution is 0.397. The molecule has 6 N–H and O–H groups in total. The first kappa shape index (κ1) is 12.9. The van der Waals surface area contributed by atoms with Crippen molar-refractivity contribution in [3.05, 3.63) is 34.9 Å². The molecule has 1 atom stereocenters. The molecule has 0 fully saturated rings. The maximum absolute atomic E-state index is 10.3. The average Bonchev–Trinajstić information content (AvgIpc) is 3.07. The number of anilines is 2. The number of aromatic hydroxyl groups is 4. The maximum atomic E-state index is 10.3. The molecule has 0 spiro atoms. The molecule has 2 aliphatic rings. The van der Waals surface area contributed by atoms with E-state index in [1.165, 1.54) is 12.1 Å². The molecule has 6 heteroatoms. The van der Waals surface area contributed by atoms with Crippen molar-refractivity contribution in [1.29, 1.82) is 0 Å². The highest BCUT2D eigenvalue weighted by Crippen LogP contribution is 2.48. The molecule has 0 aliphatic carbocycles. The lowest BCUT2D eigenvalue weighted by Crippen LogP contribution is -2.09. The van der Waals surface area contributed by atoms with Gasteiger partial charge in [0.25, 0.3) is 0 Å². The van der Waals surface area contributed by atoms with Gasteiger partial charge in [0.1, 0.15) is 0 Å². The maximum Gasteiger partial charge on any atom is 0.164 e. The van der Waals surface area contributed by atoms with Crippen molar-refractivity contribution >= 4 is 11.4 Å². The largest absolute Gasteiger partial charge is 0.504 e.